The fourth-order valence-electron chi connectivity index (χ4n) is 2.27. The number of hydrogen-bond donors (Lipinski definition) is 2. The smallest absolute Gasteiger partial charge is 0.279 e. The van der Waals surface area contributed by atoms with E-state index in [0.29, 0.717) is 23.9 Å². The van der Waals surface area contributed by atoms with Crippen LogP contribution >= 0.6 is 0 Å². The van der Waals surface area contributed by atoms with Gasteiger partial charge in [0.1, 0.15) is 23.3 Å². The van der Waals surface area contributed by atoms with E-state index in [0.717, 1.165) is 5.56 Å². The normalized spacial score (nSPS) is 11.2. The Morgan fingerprint density at radius 3 is 2.23 bits per heavy atom. The molecule has 0 aliphatic heterocycles. The highest BCUT2D eigenvalue weighted by Crippen LogP contribution is 2.18. The molecule has 30 heavy (non-hydrogen) atoms. The average molecular weight is 409 g/mol. The van der Waals surface area contributed by atoms with Gasteiger partial charge in [0.05, 0.1) is 6.61 Å². The molecule has 156 valence electrons. The Hall–Kier alpha value is -3.99. The summed E-state index contributed by atoms with van der Waals surface area (Å²) in [6.45, 7) is 4.00. The van der Waals surface area contributed by atoms with E-state index in [-0.39, 0.29) is 6.61 Å². The SMILES string of the molecule is CCOc1ccc(OC(C)C(=O)NNC(=O)/C=C/c2ccc(OCC#N)cc2)cc1. The van der Waals surface area contributed by atoms with Crippen molar-refractivity contribution < 1.29 is 23.8 Å². The minimum atomic E-state index is -0.812. The number of carbonyl (C=O) groups is 2. The maximum atomic E-state index is 12.1. The first-order valence-corrected chi connectivity index (χ1v) is 9.29. The highest BCUT2D eigenvalue weighted by Gasteiger charge is 2.15. The van der Waals surface area contributed by atoms with Gasteiger partial charge in [0.2, 0.25) is 0 Å². The third kappa shape index (κ3) is 7.56. The minimum absolute atomic E-state index is 0.0298. The predicted octanol–water partition coefficient (Wildman–Crippen LogP) is 2.62. The molecule has 0 spiro atoms. The molecule has 1 atom stereocenters. The van der Waals surface area contributed by atoms with Crippen molar-refractivity contribution in [2.75, 3.05) is 13.2 Å². The van der Waals surface area contributed by atoms with E-state index >= 15 is 0 Å². The van der Waals surface area contributed by atoms with Crippen molar-refractivity contribution >= 4 is 17.9 Å². The molecule has 0 aliphatic carbocycles. The largest absolute Gasteiger partial charge is 0.494 e. The van der Waals surface area contributed by atoms with E-state index in [9.17, 15) is 9.59 Å². The second-order valence-electron chi connectivity index (χ2n) is 5.99. The van der Waals surface area contributed by atoms with Gasteiger partial charge in [-0.3, -0.25) is 20.4 Å². The fourth-order valence-corrected chi connectivity index (χ4v) is 2.27. The van der Waals surface area contributed by atoms with Gasteiger partial charge in [-0.2, -0.15) is 5.26 Å². The number of hydrogen-bond acceptors (Lipinski definition) is 6. The lowest BCUT2D eigenvalue weighted by molar-refractivity contribution is -0.131. The molecule has 1 unspecified atom stereocenters. The van der Waals surface area contributed by atoms with Crippen LogP contribution in [0.3, 0.4) is 0 Å². The van der Waals surface area contributed by atoms with Gasteiger partial charge >= 0.3 is 0 Å². The summed E-state index contributed by atoms with van der Waals surface area (Å²) in [6.07, 6.45) is 2.05. The van der Waals surface area contributed by atoms with Gasteiger partial charge in [0, 0.05) is 6.08 Å². The van der Waals surface area contributed by atoms with Crippen molar-refractivity contribution in [1.29, 1.82) is 5.26 Å². The Morgan fingerprint density at radius 1 is 1.00 bits per heavy atom. The molecule has 0 aliphatic rings. The number of amides is 2. The van der Waals surface area contributed by atoms with Gasteiger partial charge in [-0.15, -0.1) is 0 Å². The maximum Gasteiger partial charge on any atom is 0.279 e. The zero-order chi connectivity index (χ0) is 21.8. The van der Waals surface area contributed by atoms with Crippen molar-refractivity contribution in [3.63, 3.8) is 0 Å². The van der Waals surface area contributed by atoms with Crippen LogP contribution in [0.15, 0.2) is 54.6 Å². The Labute approximate surface area is 175 Å². The summed E-state index contributed by atoms with van der Waals surface area (Å²) in [4.78, 5) is 24.0. The highest BCUT2D eigenvalue weighted by molar-refractivity contribution is 5.93. The van der Waals surface area contributed by atoms with Crippen LogP contribution in [0.2, 0.25) is 0 Å². The molecule has 8 heteroatoms. The zero-order valence-electron chi connectivity index (χ0n) is 16.8. The summed E-state index contributed by atoms with van der Waals surface area (Å²) in [6, 6.07) is 15.6. The number of ether oxygens (including phenoxy) is 3. The quantitative estimate of drug-likeness (QED) is 0.487. The fraction of sp³-hybridized carbons (Fsp3) is 0.227. The monoisotopic (exact) mass is 409 g/mol. The third-order valence-electron chi connectivity index (χ3n) is 3.74. The lowest BCUT2D eigenvalue weighted by Crippen LogP contribution is -2.46. The predicted molar refractivity (Wildman–Crippen MR) is 111 cm³/mol. The van der Waals surface area contributed by atoms with Gasteiger partial charge in [0.25, 0.3) is 11.8 Å². The summed E-state index contributed by atoms with van der Waals surface area (Å²) in [5.74, 6) is 0.790. The lowest BCUT2D eigenvalue weighted by Gasteiger charge is -2.15. The second-order valence-corrected chi connectivity index (χ2v) is 5.99. The molecule has 0 saturated carbocycles. The number of benzene rings is 2. The molecular weight excluding hydrogens is 386 g/mol. The summed E-state index contributed by atoms with van der Waals surface area (Å²) < 4.78 is 16.0. The molecule has 2 amide bonds. The zero-order valence-corrected chi connectivity index (χ0v) is 16.8. The van der Waals surface area contributed by atoms with Crippen LogP contribution < -0.4 is 25.1 Å². The first-order chi connectivity index (χ1) is 14.5. The third-order valence-corrected chi connectivity index (χ3v) is 3.74. The molecule has 0 aromatic heterocycles. The van der Waals surface area contributed by atoms with Crippen molar-refractivity contribution in [3.8, 4) is 23.3 Å². The van der Waals surface area contributed by atoms with Crippen LogP contribution in [0.5, 0.6) is 17.2 Å². The van der Waals surface area contributed by atoms with Crippen molar-refractivity contribution in [2.24, 2.45) is 0 Å². The minimum Gasteiger partial charge on any atom is -0.494 e. The van der Waals surface area contributed by atoms with Gasteiger partial charge in [0.15, 0.2) is 12.7 Å². The van der Waals surface area contributed by atoms with Crippen LogP contribution in [0, 0.1) is 11.3 Å². The molecular formula is C22H23N3O5. The Bertz CT molecular complexity index is 902. The van der Waals surface area contributed by atoms with Crippen LogP contribution in [0.1, 0.15) is 19.4 Å². The molecule has 0 saturated heterocycles. The summed E-state index contributed by atoms with van der Waals surface area (Å²) >= 11 is 0. The Kier molecular flexibility index (Phi) is 8.74. The second kappa shape index (κ2) is 11.8. The van der Waals surface area contributed by atoms with E-state index in [1.807, 2.05) is 13.0 Å². The summed E-state index contributed by atoms with van der Waals surface area (Å²) in [7, 11) is 0. The number of hydrazine groups is 1. The first kappa shape index (κ1) is 22.3. The van der Waals surface area contributed by atoms with Crippen LogP contribution in [0.4, 0.5) is 0 Å². The van der Waals surface area contributed by atoms with Crippen molar-refractivity contribution in [3.05, 3.63) is 60.2 Å². The summed E-state index contributed by atoms with van der Waals surface area (Å²) in [5.41, 5.74) is 5.37. The van der Waals surface area contributed by atoms with E-state index in [4.69, 9.17) is 19.5 Å². The van der Waals surface area contributed by atoms with E-state index in [2.05, 4.69) is 10.9 Å². The molecule has 0 heterocycles. The van der Waals surface area contributed by atoms with E-state index in [1.165, 1.54) is 6.08 Å². The van der Waals surface area contributed by atoms with E-state index in [1.54, 1.807) is 61.5 Å². The molecule has 2 rings (SSSR count). The van der Waals surface area contributed by atoms with Crippen molar-refractivity contribution in [2.45, 2.75) is 20.0 Å². The maximum absolute atomic E-state index is 12.1. The Balaban J connectivity index is 1.76. The highest BCUT2D eigenvalue weighted by atomic mass is 16.5. The number of rotatable bonds is 9. The Morgan fingerprint density at radius 2 is 1.60 bits per heavy atom. The molecule has 2 N–H and O–H groups in total. The van der Waals surface area contributed by atoms with Crippen LogP contribution in [-0.4, -0.2) is 31.1 Å². The van der Waals surface area contributed by atoms with Gasteiger partial charge in [-0.1, -0.05) is 12.1 Å². The van der Waals surface area contributed by atoms with Gasteiger partial charge in [-0.25, -0.2) is 0 Å². The first-order valence-electron chi connectivity index (χ1n) is 9.29. The molecule has 0 radical (unpaired) electrons. The molecule has 2 aromatic rings. The average Bonchev–Trinajstić information content (AvgIpc) is 2.76. The molecule has 0 bridgehead atoms. The number of nitrogens with zero attached hydrogens (tertiary/aromatic N) is 1. The van der Waals surface area contributed by atoms with Gasteiger partial charge in [-0.05, 0) is 61.9 Å². The number of nitrogens with one attached hydrogen (secondary N) is 2. The molecule has 8 nitrogen and oxygen atoms in total. The van der Waals surface area contributed by atoms with Crippen LogP contribution in [-0.2, 0) is 9.59 Å². The van der Waals surface area contributed by atoms with Crippen molar-refractivity contribution in [1.82, 2.24) is 10.9 Å². The standard InChI is InChI=1S/C22H23N3O5/c1-3-28-18-9-11-20(12-10-18)30-16(2)22(27)25-24-21(26)13-6-17-4-7-19(8-5-17)29-15-14-23/h4-13,16H,3,15H2,1-2H3,(H,24,26)(H,25,27)/b13-6+. The van der Waals surface area contributed by atoms with Gasteiger partial charge < -0.3 is 14.2 Å². The lowest BCUT2D eigenvalue weighted by atomic mass is 10.2. The topological polar surface area (TPSA) is 110 Å². The molecule has 2 aromatic carbocycles. The number of nitriles is 1. The van der Waals surface area contributed by atoms with E-state index < -0.39 is 17.9 Å². The molecule has 0 fully saturated rings. The summed E-state index contributed by atoms with van der Waals surface area (Å²) in [5, 5.41) is 8.48. The number of carbonyl (C=O) groups excluding carboxylic acids is 2. The van der Waals surface area contributed by atoms with Crippen LogP contribution in [0.25, 0.3) is 6.08 Å².